The molecule has 2 aliphatic heterocycles. The molecule has 0 spiro atoms. The lowest BCUT2D eigenvalue weighted by Crippen LogP contribution is -2.35. The second-order valence-corrected chi connectivity index (χ2v) is 2.21. The lowest BCUT2D eigenvalue weighted by Gasteiger charge is -2.19. The van der Waals surface area contributed by atoms with Crippen molar-refractivity contribution in [3.63, 3.8) is 0 Å². The van der Waals surface area contributed by atoms with Gasteiger partial charge in [0.2, 0.25) is 0 Å². The number of fused-ring (bicyclic) bond motifs is 1. The van der Waals surface area contributed by atoms with E-state index in [1.54, 1.807) is 6.20 Å². The van der Waals surface area contributed by atoms with Crippen LogP contribution in [0.1, 0.15) is 0 Å². The van der Waals surface area contributed by atoms with Gasteiger partial charge in [-0.05, 0) is 0 Å². The van der Waals surface area contributed by atoms with Crippen LogP contribution in [0.15, 0.2) is 28.8 Å². The molecule has 0 aromatic heterocycles. The highest BCUT2D eigenvalue weighted by atomic mass is 35.5. The number of halogens is 2. The van der Waals surface area contributed by atoms with Crippen molar-refractivity contribution in [1.82, 2.24) is 10.4 Å². The molecule has 0 aromatic carbocycles. The topological polar surface area (TPSA) is 53.6 Å². The molecule has 0 saturated heterocycles. The van der Waals surface area contributed by atoms with E-state index >= 15 is 0 Å². The van der Waals surface area contributed by atoms with Gasteiger partial charge in [-0.3, -0.25) is 15.4 Å². The van der Waals surface area contributed by atoms with Crippen LogP contribution in [0.3, 0.4) is 0 Å². The Labute approximate surface area is 83.0 Å². The highest BCUT2D eigenvalue weighted by Crippen LogP contribution is 2.12. The zero-order chi connectivity index (χ0) is 6.97. The second-order valence-electron chi connectivity index (χ2n) is 2.21. The number of hydrogen-bond acceptors (Lipinski definition) is 4. The quantitative estimate of drug-likeness (QED) is 0.606. The number of aliphatic imine (C=N–C) groups is 1. The van der Waals surface area contributed by atoms with E-state index in [4.69, 9.17) is 5.73 Å². The molecule has 0 amide bonds. The van der Waals surface area contributed by atoms with Gasteiger partial charge in [0.25, 0.3) is 0 Å². The van der Waals surface area contributed by atoms with Crippen LogP contribution < -0.4 is 11.2 Å². The van der Waals surface area contributed by atoms with Crippen LogP contribution in [0.5, 0.6) is 0 Å². The lowest BCUT2D eigenvalue weighted by atomic mass is 10.4. The van der Waals surface area contributed by atoms with E-state index in [1.165, 1.54) is 0 Å². The summed E-state index contributed by atoms with van der Waals surface area (Å²) in [6.07, 6.45) is 5.45. The molecule has 0 unspecified atom stereocenters. The summed E-state index contributed by atoms with van der Waals surface area (Å²) in [5, 5.41) is 1.93. The molecule has 6 heteroatoms. The fourth-order valence-electron chi connectivity index (χ4n) is 1.01. The first-order valence-electron chi connectivity index (χ1n) is 3.09. The van der Waals surface area contributed by atoms with E-state index in [9.17, 15) is 0 Å². The largest absolute Gasteiger partial charge is 0.384 e. The Morgan fingerprint density at radius 3 is 2.92 bits per heavy atom. The number of nitrogens with two attached hydrogens (primary N) is 1. The summed E-state index contributed by atoms with van der Waals surface area (Å²) in [4.78, 5) is 3.99. The molecule has 0 aliphatic carbocycles. The molecule has 0 saturated carbocycles. The molecule has 68 valence electrons. The van der Waals surface area contributed by atoms with E-state index in [-0.39, 0.29) is 24.8 Å². The number of nitrogens with one attached hydrogen (secondary N) is 1. The summed E-state index contributed by atoms with van der Waals surface area (Å²) >= 11 is 0. The molecule has 0 fully saturated rings. The van der Waals surface area contributed by atoms with Gasteiger partial charge < -0.3 is 5.73 Å². The van der Waals surface area contributed by atoms with Gasteiger partial charge in [0, 0.05) is 12.3 Å². The third-order valence-electron chi connectivity index (χ3n) is 1.46. The van der Waals surface area contributed by atoms with Crippen molar-refractivity contribution in [3.8, 4) is 0 Å². The minimum absolute atomic E-state index is 0. The predicted molar refractivity (Wildman–Crippen MR) is 53.2 cm³/mol. The number of rotatable bonds is 0. The average molecular weight is 209 g/mol. The summed E-state index contributed by atoms with van der Waals surface area (Å²) in [5.74, 6) is 0.678. The van der Waals surface area contributed by atoms with Gasteiger partial charge in [-0.25, -0.2) is 0 Å². The monoisotopic (exact) mass is 208 g/mol. The zero-order valence-corrected chi connectivity index (χ0v) is 7.86. The van der Waals surface area contributed by atoms with Gasteiger partial charge in [0.15, 0.2) is 0 Å². The molecule has 0 aromatic rings. The van der Waals surface area contributed by atoms with Crippen LogP contribution in [-0.2, 0) is 0 Å². The minimum Gasteiger partial charge on any atom is -0.384 e. The Kier molecular flexibility index (Phi) is 3.92. The van der Waals surface area contributed by atoms with E-state index < -0.39 is 0 Å². The minimum atomic E-state index is 0. The van der Waals surface area contributed by atoms with Gasteiger partial charge >= 0.3 is 0 Å². The predicted octanol–water partition coefficient (Wildman–Crippen LogP) is 0.376. The fourth-order valence-corrected chi connectivity index (χ4v) is 1.01. The van der Waals surface area contributed by atoms with Gasteiger partial charge in [0.05, 0.1) is 18.4 Å². The smallest absolute Gasteiger partial charge is 0.117 e. The summed E-state index contributed by atoms with van der Waals surface area (Å²) in [6.45, 7) is 0.781. The van der Waals surface area contributed by atoms with Crippen molar-refractivity contribution in [3.05, 3.63) is 23.8 Å². The first-order chi connectivity index (χ1) is 4.86. The van der Waals surface area contributed by atoms with E-state index in [2.05, 4.69) is 10.4 Å². The van der Waals surface area contributed by atoms with E-state index in [0.29, 0.717) is 5.82 Å². The Bertz CT molecular complexity index is 246. The summed E-state index contributed by atoms with van der Waals surface area (Å²) in [6, 6.07) is 0. The van der Waals surface area contributed by atoms with Gasteiger partial charge in [-0.1, -0.05) is 0 Å². The maximum Gasteiger partial charge on any atom is 0.117 e. The third kappa shape index (κ3) is 1.84. The zero-order valence-electron chi connectivity index (χ0n) is 6.23. The van der Waals surface area contributed by atoms with Crippen LogP contribution in [0, 0.1) is 0 Å². The van der Waals surface area contributed by atoms with Crippen LogP contribution in [0.25, 0.3) is 0 Å². The maximum absolute atomic E-state index is 5.51. The summed E-state index contributed by atoms with van der Waals surface area (Å²) in [5.41, 5.74) is 9.50. The average Bonchev–Trinajstić information content (AvgIpc) is 2.27. The van der Waals surface area contributed by atoms with Crippen LogP contribution in [0.2, 0.25) is 0 Å². The molecular weight excluding hydrogens is 199 g/mol. The van der Waals surface area contributed by atoms with Gasteiger partial charge in [0.1, 0.15) is 5.82 Å². The van der Waals surface area contributed by atoms with Gasteiger partial charge in [-0.2, -0.15) is 0 Å². The lowest BCUT2D eigenvalue weighted by molar-refractivity contribution is 0.343. The van der Waals surface area contributed by atoms with Crippen molar-refractivity contribution in [2.24, 2.45) is 10.7 Å². The molecule has 0 atom stereocenters. The second kappa shape index (κ2) is 4.23. The molecular formula is C6H10Cl2N4. The molecule has 0 bridgehead atoms. The molecule has 2 heterocycles. The highest BCUT2D eigenvalue weighted by Gasteiger charge is 2.15. The first kappa shape index (κ1) is 11.1. The van der Waals surface area contributed by atoms with Crippen molar-refractivity contribution in [1.29, 1.82) is 0 Å². The first-order valence-corrected chi connectivity index (χ1v) is 3.09. The van der Waals surface area contributed by atoms with E-state index in [1.807, 2.05) is 17.3 Å². The molecule has 12 heavy (non-hydrogen) atoms. The molecule has 0 radical (unpaired) electrons. The normalized spacial score (nSPS) is 17.8. The number of nitrogens with zero attached hydrogens (tertiary/aromatic N) is 2. The molecule has 4 nitrogen and oxygen atoms in total. The number of hydrazine groups is 1. The van der Waals surface area contributed by atoms with Gasteiger partial charge in [-0.15, -0.1) is 24.8 Å². The Morgan fingerprint density at radius 2 is 2.25 bits per heavy atom. The Hall–Kier alpha value is -0.870. The third-order valence-corrected chi connectivity index (χ3v) is 1.46. The molecule has 2 rings (SSSR count). The van der Waals surface area contributed by atoms with Crippen LogP contribution in [-0.4, -0.2) is 17.8 Å². The van der Waals surface area contributed by atoms with Crippen molar-refractivity contribution >= 4 is 31.0 Å². The van der Waals surface area contributed by atoms with Crippen LogP contribution in [0.4, 0.5) is 0 Å². The standard InChI is InChI=1S/C6H8N4.2ClH/c7-6-3-5-4-8-1-2-10(5)9-6;;/h1,3-4,9H,2,7H2;2*1H. The van der Waals surface area contributed by atoms with Crippen LogP contribution >= 0.6 is 24.8 Å². The summed E-state index contributed by atoms with van der Waals surface area (Å²) in [7, 11) is 0. The maximum atomic E-state index is 5.51. The fraction of sp³-hybridized carbons (Fsp3) is 0.167. The Balaban J connectivity index is 0.000000605. The van der Waals surface area contributed by atoms with Crippen molar-refractivity contribution in [2.75, 3.05) is 6.54 Å². The summed E-state index contributed by atoms with van der Waals surface area (Å²) < 4.78 is 0. The molecule has 2 aliphatic rings. The van der Waals surface area contributed by atoms with E-state index in [0.717, 1.165) is 12.2 Å². The SMILES string of the molecule is Cl.Cl.NC1=CC2=CN=CCN2N1. The number of allylic oxidation sites excluding steroid dienone is 1. The van der Waals surface area contributed by atoms with Crippen molar-refractivity contribution < 1.29 is 0 Å². The van der Waals surface area contributed by atoms with Crippen molar-refractivity contribution in [2.45, 2.75) is 0 Å². The molecule has 3 N–H and O–H groups in total. The highest BCUT2D eigenvalue weighted by molar-refractivity contribution is 5.85. The number of hydrogen-bond donors (Lipinski definition) is 2. The Morgan fingerprint density at radius 1 is 1.50 bits per heavy atom.